The van der Waals surface area contributed by atoms with Crippen LogP contribution in [0.5, 0.6) is 0 Å². The third kappa shape index (κ3) is 3.31. The Labute approximate surface area is 113 Å². The molecule has 2 aromatic rings. The molecule has 0 atom stereocenters. The zero-order valence-corrected chi connectivity index (χ0v) is 10.7. The van der Waals surface area contributed by atoms with Crippen molar-refractivity contribution in [3.05, 3.63) is 40.1 Å². The summed E-state index contributed by atoms with van der Waals surface area (Å²) in [6.07, 6.45) is -4.63. The molecule has 1 aromatic heterocycles. The maximum absolute atomic E-state index is 12.3. The number of nitrogens with one attached hydrogen (secondary N) is 2. The molecule has 0 saturated heterocycles. The molecular weight excluding hydrogens is 329 g/mol. The molecule has 0 radical (unpaired) electrons. The number of benzene rings is 1. The minimum atomic E-state index is -4.63. The van der Waals surface area contributed by atoms with Crippen molar-refractivity contribution in [3.63, 3.8) is 0 Å². The molecule has 19 heavy (non-hydrogen) atoms. The molecule has 1 heterocycles. The van der Waals surface area contributed by atoms with Gasteiger partial charge in [0, 0.05) is 10.0 Å². The summed E-state index contributed by atoms with van der Waals surface area (Å²) < 4.78 is 37.5. The molecule has 0 bridgehead atoms. The minimum Gasteiger partial charge on any atom is -0.289 e. The van der Waals surface area contributed by atoms with Crippen LogP contribution in [0.1, 0.15) is 16.2 Å². The number of anilines is 1. The van der Waals surface area contributed by atoms with Crippen LogP contribution in [0.4, 0.5) is 19.1 Å². The fourth-order valence-corrected chi connectivity index (χ4v) is 1.48. The van der Waals surface area contributed by atoms with E-state index in [9.17, 15) is 18.0 Å². The summed E-state index contributed by atoms with van der Waals surface area (Å²) >= 11 is 3.20. The molecule has 9 heteroatoms. The SMILES string of the molecule is O=C(Nc1n[nH]c(C(F)(F)F)n1)c1ccc(Br)cc1. The number of halogens is 4. The topological polar surface area (TPSA) is 70.7 Å². The average Bonchev–Trinajstić information content (AvgIpc) is 2.78. The standard InChI is InChI=1S/C10H6BrF3N4O/c11-6-3-1-5(2-4-6)7(19)15-9-16-8(17-18-9)10(12,13)14/h1-4H,(H2,15,16,17,18,19). The number of carbonyl (C=O) groups excluding carboxylic acids is 1. The van der Waals surface area contributed by atoms with Crippen molar-refractivity contribution >= 4 is 27.8 Å². The van der Waals surface area contributed by atoms with E-state index in [2.05, 4.69) is 31.3 Å². The molecule has 1 aromatic carbocycles. The van der Waals surface area contributed by atoms with Gasteiger partial charge in [0.05, 0.1) is 0 Å². The van der Waals surface area contributed by atoms with Crippen molar-refractivity contribution in [3.8, 4) is 0 Å². The van der Waals surface area contributed by atoms with Gasteiger partial charge in [0.2, 0.25) is 11.8 Å². The highest BCUT2D eigenvalue weighted by Gasteiger charge is 2.35. The Hall–Kier alpha value is -1.90. The van der Waals surface area contributed by atoms with Gasteiger partial charge in [0.1, 0.15) is 0 Å². The number of alkyl halides is 3. The Morgan fingerprint density at radius 2 is 1.89 bits per heavy atom. The van der Waals surface area contributed by atoms with E-state index in [4.69, 9.17) is 0 Å². The first-order valence-electron chi connectivity index (χ1n) is 4.93. The van der Waals surface area contributed by atoms with E-state index < -0.39 is 23.9 Å². The van der Waals surface area contributed by atoms with Gasteiger partial charge in [0.15, 0.2) is 0 Å². The van der Waals surface area contributed by atoms with Gasteiger partial charge in [-0.2, -0.15) is 18.2 Å². The van der Waals surface area contributed by atoms with Crippen molar-refractivity contribution in [1.29, 1.82) is 0 Å². The summed E-state index contributed by atoms with van der Waals surface area (Å²) in [4.78, 5) is 14.8. The van der Waals surface area contributed by atoms with Crippen LogP contribution in [0.25, 0.3) is 0 Å². The van der Waals surface area contributed by atoms with Gasteiger partial charge in [-0.05, 0) is 24.3 Å². The van der Waals surface area contributed by atoms with E-state index in [1.165, 1.54) is 12.1 Å². The van der Waals surface area contributed by atoms with Crippen LogP contribution in [0, 0.1) is 0 Å². The average molecular weight is 335 g/mol. The van der Waals surface area contributed by atoms with Gasteiger partial charge in [-0.3, -0.25) is 15.2 Å². The Morgan fingerprint density at radius 3 is 2.42 bits per heavy atom. The van der Waals surface area contributed by atoms with E-state index in [0.29, 0.717) is 0 Å². The zero-order chi connectivity index (χ0) is 14.0. The predicted molar refractivity (Wildman–Crippen MR) is 63.5 cm³/mol. The van der Waals surface area contributed by atoms with E-state index >= 15 is 0 Å². The predicted octanol–water partition coefficient (Wildman–Crippen LogP) is 2.84. The number of hydrogen-bond donors (Lipinski definition) is 2. The molecule has 5 nitrogen and oxygen atoms in total. The van der Waals surface area contributed by atoms with Gasteiger partial charge >= 0.3 is 6.18 Å². The summed E-state index contributed by atoms with van der Waals surface area (Å²) in [5, 5.41) is 7.13. The monoisotopic (exact) mass is 334 g/mol. The quantitative estimate of drug-likeness (QED) is 0.887. The molecule has 2 N–H and O–H groups in total. The lowest BCUT2D eigenvalue weighted by atomic mass is 10.2. The number of nitrogens with zero attached hydrogens (tertiary/aromatic N) is 2. The Balaban J connectivity index is 2.11. The molecule has 0 saturated carbocycles. The highest BCUT2D eigenvalue weighted by Crippen LogP contribution is 2.26. The molecule has 0 aliphatic carbocycles. The zero-order valence-electron chi connectivity index (χ0n) is 9.12. The maximum atomic E-state index is 12.3. The number of carbonyl (C=O) groups is 1. The van der Waals surface area contributed by atoms with Crippen LogP contribution < -0.4 is 5.32 Å². The first-order chi connectivity index (χ1) is 8.86. The highest BCUT2D eigenvalue weighted by molar-refractivity contribution is 9.10. The van der Waals surface area contributed by atoms with Crippen LogP contribution in [0.3, 0.4) is 0 Å². The third-order valence-electron chi connectivity index (χ3n) is 2.09. The van der Waals surface area contributed by atoms with Gasteiger partial charge in [0.25, 0.3) is 5.91 Å². The van der Waals surface area contributed by atoms with Gasteiger partial charge in [-0.15, -0.1) is 5.10 Å². The van der Waals surface area contributed by atoms with Crippen LogP contribution >= 0.6 is 15.9 Å². The molecular formula is C10H6BrF3N4O. The van der Waals surface area contributed by atoms with E-state index in [0.717, 1.165) is 4.47 Å². The molecule has 0 unspecified atom stereocenters. The van der Waals surface area contributed by atoms with Crippen LogP contribution in [-0.4, -0.2) is 21.1 Å². The Kier molecular flexibility index (Phi) is 3.56. The number of aromatic nitrogens is 3. The molecule has 1 amide bonds. The van der Waals surface area contributed by atoms with Gasteiger partial charge < -0.3 is 0 Å². The molecule has 100 valence electrons. The summed E-state index contributed by atoms with van der Waals surface area (Å²) in [6, 6.07) is 6.29. The Bertz CT molecular complexity index is 594. The summed E-state index contributed by atoms with van der Waals surface area (Å²) in [5.74, 6) is -2.29. The van der Waals surface area contributed by atoms with E-state index in [1.54, 1.807) is 17.2 Å². The lowest BCUT2D eigenvalue weighted by Gasteiger charge is -2.01. The van der Waals surface area contributed by atoms with Crippen molar-refractivity contribution in [2.24, 2.45) is 0 Å². The van der Waals surface area contributed by atoms with Gasteiger partial charge in [-0.1, -0.05) is 15.9 Å². The smallest absolute Gasteiger partial charge is 0.289 e. The fourth-order valence-electron chi connectivity index (χ4n) is 1.22. The Morgan fingerprint density at radius 1 is 1.26 bits per heavy atom. The van der Waals surface area contributed by atoms with Crippen LogP contribution in [0.15, 0.2) is 28.7 Å². The maximum Gasteiger partial charge on any atom is 0.451 e. The highest BCUT2D eigenvalue weighted by atomic mass is 79.9. The summed E-state index contributed by atoms with van der Waals surface area (Å²) in [7, 11) is 0. The van der Waals surface area contributed by atoms with Gasteiger partial charge in [-0.25, -0.2) is 0 Å². The first-order valence-corrected chi connectivity index (χ1v) is 5.72. The second-order valence-corrected chi connectivity index (χ2v) is 4.38. The fraction of sp³-hybridized carbons (Fsp3) is 0.100. The van der Waals surface area contributed by atoms with Crippen molar-refractivity contribution in [1.82, 2.24) is 15.2 Å². The molecule has 0 spiro atoms. The molecule has 0 aliphatic rings. The number of hydrogen-bond acceptors (Lipinski definition) is 3. The number of amides is 1. The first kappa shape index (κ1) is 13.5. The molecule has 0 aliphatic heterocycles. The van der Waals surface area contributed by atoms with E-state index in [1.807, 2.05) is 0 Å². The second-order valence-electron chi connectivity index (χ2n) is 3.47. The van der Waals surface area contributed by atoms with Crippen LogP contribution in [0.2, 0.25) is 0 Å². The second kappa shape index (κ2) is 5.00. The number of H-pyrrole nitrogens is 1. The van der Waals surface area contributed by atoms with Crippen LogP contribution in [-0.2, 0) is 6.18 Å². The van der Waals surface area contributed by atoms with E-state index in [-0.39, 0.29) is 5.56 Å². The lowest BCUT2D eigenvalue weighted by molar-refractivity contribution is -0.144. The normalized spacial score (nSPS) is 11.4. The lowest BCUT2D eigenvalue weighted by Crippen LogP contribution is -2.13. The minimum absolute atomic E-state index is 0.279. The third-order valence-corrected chi connectivity index (χ3v) is 2.61. The summed E-state index contributed by atoms with van der Waals surface area (Å²) in [5.41, 5.74) is 0.279. The van der Waals surface area contributed by atoms with Crippen molar-refractivity contribution < 1.29 is 18.0 Å². The van der Waals surface area contributed by atoms with Crippen molar-refractivity contribution in [2.75, 3.05) is 5.32 Å². The number of rotatable bonds is 2. The van der Waals surface area contributed by atoms with Crippen molar-refractivity contribution in [2.45, 2.75) is 6.18 Å². The molecule has 0 fully saturated rings. The largest absolute Gasteiger partial charge is 0.451 e. The number of aromatic amines is 1. The summed E-state index contributed by atoms with van der Waals surface area (Å²) in [6.45, 7) is 0. The molecule has 2 rings (SSSR count).